The first-order valence-corrected chi connectivity index (χ1v) is 13.7. The number of nitrogens with one attached hydrogen (secondary N) is 1. The van der Waals surface area contributed by atoms with Crippen LogP contribution in [0.15, 0.2) is 66.7 Å². The van der Waals surface area contributed by atoms with Crippen LogP contribution in [0.3, 0.4) is 0 Å². The van der Waals surface area contributed by atoms with Crippen molar-refractivity contribution in [2.75, 3.05) is 0 Å². The molecule has 4 atom stereocenters. The van der Waals surface area contributed by atoms with Gasteiger partial charge in [0.2, 0.25) is 5.91 Å². The molecule has 1 aliphatic heterocycles. The van der Waals surface area contributed by atoms with Crippen LogP contribution in [0.2, 0.25) is 10.0 Å². The van der Waals surface area contributed by atoms with Gasteiger partial charge in [0.05, 0.1) is 22.6 Å². The maximum atomic E-state index is 13.3. The number of halogens is 2. The number of hydrogen-bond donors (Lipinski definition) is 2. The largest absolute Gasteiger partial charge is 0.481 e. The predicted octanol–water partition coefficient (Wildman–Crippen LogP) is 6.91. The highest BCUT2D eigenvalue weighted by atomic mass is 35.5. The van der Waals surface area contributed by atoms with Crippen molar-refractivity contribution in [3.8, 4) is 0 Å². The Hall–Kier alpha value is -2.90. The first-order valence-electron chi connectivity index (χ1n) is 13.0. The van der Waals surface area contributed by atoms with Gasteiger partial charge in [-0.1, -0.05) is 77.8 Å². The van der Waals surface area contributed by atoms with Gasteiger partial charge < -0.3 is 19.9 Å². The smallest absolute Gasteiger partial charge is 0.305 e. The second-order valence-electron chi connectivity index (χ2n) is 10.5. The SMILES string of the molecule is C[C@H](NC(=O)[C@@H]1C[C@H](CC(=O)O)OC(C)(C)O1)[C@H](/C=C/c1ccc2ccccc2c1)Cc1ccc(Cl)c(Cl)c1. The van der Waals surface area contributed by atoms with Gasteiger partial charge in [-0.05, 0) is 67.3 Å². The van der Waals surface area contributed by atoms with E-state index in [0.717, 1.165) is 16.5 Å². The molecule has 1 heterocycles. The summed E-state index contributed by atoms with van der Waals surface area (Å²) in [5.74, 6) is -2.43. The molecule has 3 aromatic rings. The van der Waals surface area contributed by atoms with Gasteiger partial charge in [0.1, 0.15) is 6.10 Å². The molecule has 1 fully saturated rings. The molecule has 206 valence electrons. The molecule has 1 aliphatic rings. The van der Waals surface area contributed by atoms with E-state index in [2.05, 4.69) is 47.8 Å². The molecule has 0 bridgehead atoms. The Bertz CT molecular complexity index is 1370. The van der Waals surface area contributed by atoms with E-state index < -0.39 is 24.0 Å². The summed E-state index contributed by atoms with van der Waals surface area (Å²) in [6.07, 6.45) is 3.31. The Labute approximate surface area is 238 Å². The van der Waals surface area contributed by atoms with Crippen LogP contribution >= 0.6 is 23.2 Å². The lowest BCUT2D eigenvalue weighted by molar-refractivity contribution is -0.294. The van der Waals surface area contributed by atoms with E-state index in [1.165, 1.54) is 5.39 Å². The molecular formula is C31H33Cl2NO5. The number of carboxylic acid groups (broad SMARTS) is 1. The van der Waals surface area contributed by atoms with Crippen LogP contribution < -0.4 is 5.32 Å². The van der Waals surface area contributed by atoms with Gasteiger partial charge >= 0.3 is 5.97 Å². The van der Waals surface area contributed by atoms with Crippen LogP contribution in [0.4, 0.5) is 0 Å². The monoisotopic (exact) mass is 569 g/mol. The van der Waals surface area contributed by atoms with Gasteiger partial charge in [-0.25, -0.2) is 0 Å². The van der Waals surface area contributed by atoms with Gasteiger partial charge in [0, 0.05) is 18.4 Å². The fraction of sp³-hybridized carbons (Fsp3) is 0.355. The molecule has 3 aromatic carbocycles. The van der Waals surface area contributed by atoms with E-state index >= 15 is 0 Å². The highest BCUT2D eigenvalue weighted by Gasteiger charge is 2.40. The molecule has 1 saturated heterocycles. The molecule has 2 N–H and O–H groups in total. The number of hydrogen-bond acceptors (Lipinski definition) is 4. The van der Waals surface area contributed by atoms with E-state index in [1.54, 1.807) is 19.9 Å². The van der Waals surface area contributed by atoms with Crippen molar-refractivity contribution in [1.29, 1.82) is 0 Å². The molecule has 6 nitrogen and oxygen atoms in total. The lowest BCUT2D eigenvalue weighted by Gasteiger charge is -2.40. The van der Waals surface area contributed by atoms with Gasteiger partial charge in [-0.15, -0.1) is 0 Å². The minimum atomic E-state index is -1.07. The highest BCUT2D eigenvalue weighted by Crippen LogP contribution is 2.29. The van der Waals surface area contributed by atoms with Gasteiger partial charge in [-0.2, -0.15) is 0 Å². The summed E-state index contributed by atoms with van der Waals surface area (Å²) in [6.45, 7) is 5.32. The summed E-state index contributed by atoms with van der Waals surface area (Å²) < 4.78 is 11.6. The normalized spacial score (nSPS) is 20.5. The van der Waals surface area contributed by atoms with Crippen molar-refractivity contribution in [3.63, 3.8) is 0 Å². The average molecular weight is 571 g/mol. The van der Waals surface area contributed by atoms with Crippen LogP contribution in [-0.2, 0) is 25.5 Å². The third kappa shape index (κ3) is 8.05. The minimum Gasteiger partial charge on any atom is -0.481 e. The molecule has 39 heavy (non-hydrogen) atoms. The molecule has 1 amide bonds. The van der Waals surface area contributed by atoms with E-state index in [0.29, 0.717) is 16.5 Å². The minimum absolute atomic E-state index is 0.0830. The summed E-state index contributed by atoms with van der Waals surface area (Å²) in [6, 6.07) is 19.8. The Morgan fingerprint density at radius 2 is 1.79 bits per heavy atom. The second kappa shape index (κ2) is 12.5. The van der Waals surface area contributed by atoms with Crippen molar-refractivity contribution >= 4 is 51.9 Å². The molecule has 4 rings (SSSR count). The number of carbonyl (C=O) groups excluding carboxylic acids is 1. The summed E-state index contributed by atoms with van der Waals surface area (Å²) in [4.78, 5) is 24.6. The van der Waals surface area contributed by atoms with Crippen molar-refractivity contribution in [1.82, 2.24) is 5.32 Å². The Kier molecular flexibility index (Phi) is 9.34. The lowest BCUT2D eigenvalue weighted by atomic mass is 9.91. The number of fused-ring (bicyclic) bond motifs is 1. The van der Waals surface area contributed by atoms with E-state index in [9.17, 15) is 14.7 Å². The van der Waals surface area contributed by atoms with Crippen molar-refractivity contribution in [3.05, 3.63) is 87.9 Å². The van der Waals surface area contributed by atoms with E-state index in [1.807, 2.05) is 31.2 Å². The predicted molar refractivity (Wildman–Crippen MR) is 155 cm³/mol. The van der Waals surface area contributed by atoms with Crippen molar-refractivity contribution < 1.29 is 24.2 Å². The number of benzene rings is 3. The zero-order chi connectivity index (χ0) is 28.2. The average Bonchev–Trinajstić information content (AvgIpc) is 2.87. The van der Waals surface area contributed by atoms with E-state index in [-0.39, 0.29) is 30.7 Å². The van der Waals surface area contributed by atoms with Crippen molar-refractivity contribution in [2.45, 2.75) is 64.1 Å². The summed E-state index contributed by atoms with van der Waals surface area (Å²) in [7, 11) is 0. The number of aliphatic carboxylic acids is 1. The molecule has 0 unspecified atom stereocenters. The number of ether oxygens (including phenoxy) is 2. The van der Waals surface area contributed by atoms with E-state index in [4.69, 9.17) is 32.7 Å². The fourth-order valence-corrected chi connectivity index (χ4v) is 5.23. The number of rotatable bonds is 9. The molecule has 0 saturated carbocycles. The molecule has 0 radical (unpaired) electrons. The lowest BCUT2D eigenvalue weighted by Crippen LogP contribution is -2.53. The van der Waals surface area contributed by atoms with Crippen LogP contribution in [0.5, 0.6) is 0 Å². The Morgan fingerprint density at radius 1 is 1.05 bits per heavy atom. The topological polar surface area (TPSA) is 84.9 Å². The fourth-order valence-electron chi connectivity index (χ4n) is 4.91. The summed E-state index contributed by atoms with van der Waals surface area (Å²) >= 11 is 12.4. The number of carbonyl (C=O) groups is 2. The second-order valence-corrected chi connectivity index (χ2v) is 11.3. The maximum Gasteiger partial charge on any atom is 0.305 e. The molecule has 0 aromatic heterocycles. The van der Waals surface area contributed by atoms with Crippen molar-refractivity contribution in [2.24, 2.45) is 5.92 Å². The highest BCUT2D eigenvalue weighted by molar-refractivity contribution is 6.42. The third-order valence-corrected chi connectivity index (χ3v) is 7.56. The quantitative estimate of drug-likeness (QED) is 0.292. The first-order chi connectivity index (χ1) is 18.5. The van der Waals surface area contributed by atoms with Crippen LogP contribution in [-0.4, -0.2) is 41.0 Å². The van der Waals surface area contributed by atoms with Crippen LogP contribution in [0.1, 0.15) is 44.7 Å². The third-order valence-electron chi connectivity index (χ3n) is 6.83. The number of amides is 1. The zero-order valence-corrected chi connectivity index (χ0v) is 23.7. The molecule has 0 aliphatic carbocycles. The van der Waals surface area contributed by atoms with Crippen LogP contribution in [0.25, 0.3) is 16.8 Å². The number of carboxylic acids is 1. The van der Waals surface area contributed by atoms with Gasteiger partial charge in [-0.3, -0.25) is 9.59 Å². The molecule has 8 heteroatoms. The Balaban J connectivity index is 1.54. The first kappa shape index (κ1) is 29.1. The van der Waals surface area contributed by atoms with Gasteiger partial charge in [0.25, 0.3) is 0 Å². The Morgan fingerprint density at radius 3 is 2.51 bits per heavy atom. The summed E-state index contributed by atoms with van der Waals surface area (Å²) in [5, 5.41) is 15.6. The molecule has 0 spiro atoms. The standard InChI is InChI=1S/C31H33Cl2NO5/c1-19(34-30(37)28-17-25(18-29(35)36)38-31(2,3)39-28)23(15-21-10-13-26(32)27(33)16-21)12-9-20-8-11-22-6-4-5-7-24(22)14-20/h4-14,16,19,23,25,28H,15,17-18H2,1-3H3,(H,34,37)(H,35,36)/b12-9+/t19-,23+,25+,28-/m0/s1. The zero-order valence-electron chi connectivity index (χ0n) is 22.2. The van der Waals surface area contributed by atoms with Gasteiger partial charge in [0.15, 0.2) is 5.79 Å². The summed E-state index contributed by atoms with van der Waals surface area (Å²) in [5.41, 5.74) is 2.04. The van der Waals surface area contributed by atoms with Crippen LogP contribution in [0, 0.1) is 5.92 Å². The molecular weight excluding hydrogens is 537 g/mol. The maximum absolute atomic E-state index is 13.3.